The van der Waals surface area contributed by atoms with Gasteiger partial charge < -0.3 is 5.32 Å². The van der Waals surface area contributed by atoms with Crippen LogP contribution >= 0.6 is 23.1 Å². The van der Waals surface area contributed by atoms with Crippen LogP contribution in [0.1, 0.15) is 6.92 Å². The van der Waals surface area contributed by atoms with Crippen molar-refractivity contribution in [2.24, 2.45) is 0 Å². The van der Waals surface area contributed by atoms with E-state index in [1.807, 2.05) is 42.6 Å². The Bertz CT molecular complexity index is 1110. The zero-order chi connectivity index (χ0) is 19.5. The van der Waals surface area contributed by atoms with Crippen molar-refractivity contribution in [3.63, 3.8) is 0 Å². The number of nitrogens with one attached hydrogen (secondary N) is 1. The summed E-state index contributed by atoms with van der Waals surface area (Å²) < 4.78 is 13.3. The number of amides is 1. The molecule has 0 spiro atoms. The van der Waals surface area contributed by atoms with E-state index in [2.05, 4.69) is 15.3 Å². The molecule has 1 amide bonds. The predicted octanol–water partition coefficient (Wildman–Crippen LogP) is 5.62. The lowest BCUT2D eigenvalue weighted by molar-refractivity contribution is -0.115. The van der Waals surface area contributed by atoms with E-state index in [4.69, 9.17) is 0 Å². The van der Waals surface area contributed by atoms with Gasteiger partial charge in [-0.3, -0.25) is 4.79 Å². The van der Waals surface area contributed by atoms with Gasteiger partial charge in [0.1, 0.15) is 22.0 Å². The van der Waals surface area contributed by atoms with Gasteiger partial charge in [0.2, 0.25) is 5.91 Å². The number of rotatable bonds is 5. The van der Waals surface area contributed by atoms with Gasteiger partial charge in [-0.15, -0.1) is 11.3 Å². The normalized spacial score (nSPS) is 12.1. The first-order chi connectivity index (χ1) is 13.6. The van der Waals surface area contributed by atoms with Crippen LogP contribution in [0.4, 0.5) is 10.1 Å². The van der Waals surface area contributed by atoms with Gasteiger partial charge in [0.25, 0.3) is 0 Å². The minimum atomic E-state index is -0.348. The summed E-state index contributed by atoms with van der Waals surface area (Å²) in [5.41, 5.74) is 2.60. The summed E-state index contributed by atoms with van der Waals surface area (Å²) >= 11 is 2.89. The fraction of sp³-hybridized carbons (Fsp3) is 0.0952. The average Bonchev–Trinajstić information content (AvgIpc) is 3.14. The van der Waals surface area contributed by atoms with Gasteiger partial charge in [0.05, 0.1) is 10.6 Å². The van der Waals surface area contributed by atoms with E-state index >= 15 is 0 Å². The van der Waals surface area contributed by atoms with Crippen molar-refractivity contribution in [1.29, 1.82) is 0 Å². The number of fused-ring (bicyclic) bond motifs is 1. The van der Waals surface area contributed by atoms with E-state index in [0.29, 0.717) is 0 Å². The molecule has 1 atom stereocenters. The van der Waals surface area contributed by atoms with Gasteiger partial charge in [-0.1, -0.05) is 42.1 Å². The maximum absolute atomic E-state index is 13.3. The Kier molecular flexibility index (Phi) is 5.36. The number of aromatic nitrogens is 2. The van der Waals surface area contributed by atoms with Crippen LogP contribution in [0.3, 0.4) is 0 Å². The summed E-state index contributed by atoms with van der Waals surface area (Å²) in [6.07, 6.45) is 1.51. The molecule has 0 saturated carbocycles. The van der Waals surface area contributed by atoms with Gasteiger partial charge >= 0.3 is 0 Å². The third-order valence-electron chi connectivity index (χ3n) is 4.19. The Morgan fingerprint density at radius 2 is 1.86 bits per heavy atom. The molecule has 28 heavy (non-hydrogen) atoms. The third-order valence-corrected chi connectivity index (χ3v) is 6.18. The van der Waals surface area contributed by atoms with Crippen molar-refractivity contribution in [3.05, 3.63) is 72.1 Å². The zero-order valence-corrected chi connectivity index (χ0v) is 16.6. The molecule has 7 heteroatoms. The van der Waals surface area contributed by atoms with E-state index < -0.39 is 0 Å². The molecular weight excluding hydrogens is 393 g/mol. The first-order valence-corrected chi connectivity index (χ1v) is 10.4. The number of thiophene rings is 1. The average molecular weight is 410 g/mol. The Morgan fingerprint density at radius 3 is 2.61 bits per heavy atom. The molecule has 0 aliphatic rings. The number of benzene rings is 2. The lowest BCUT2D eigenvalue weighted by Crippen LogP contribution is -2.22. The van der Waals surface area contributed by atoms with Crippen LogP contribution in [-0.2, 0) is 4.79 Å². The van der Waals surface area contributed by atoms with E-state index in [1.54, 1.807) is 12.1 Å². The molecule has 140 valence electrons. The molecule has 2 heterocycles. The Morgan fingerprint density at radius 1 is 1.11 bits per heavy atom. The van der Waals surface area contributed by atoms with Crippen molar-refractivity contribution in [1.82, 2.24) is 9.97 Å². The zero-order valence-electron chi connectivity index (χ0n) is 14.9. The molecule has 1 unspecified atom stereocenters. The van der Waals surface area contributed by atoms with Crippen LogP contribution < -0.4 is 5.32 Å². The smallest absolute Gasteiger partial charge is 0.237 e. The van der Waals surface area contributed by atoms with Gasteiger partial charge in [-0.05, 0) is 36.8 Å². The van der Waals surface area contributed by atoms with Gasteiger partial charge in [0, 0.05) is 16.6 Å². The molecule has 1 N–H and O–H groups in total. The van der Waals surface area contributed by atoms with Crippen LogP contribution in [0.25, 0.3) is 21.3 Å². The molecule has 0 saturated heterocycles. The topological polar surface area (TPSA) is 54.9 Å². The number of hydrogen-bond donors (Lipinski definition) is 1. The van der Waals surface area contributed by atoms with Crippen LogP contribution in [-0.4, -0.2) is 21.1 Å². The number of thioether (sulfide) groups is 1. The van der Waals surface area contributed by atoms with Crippen LogP contribution in [0.5, 0.6) is 0 Å². The SMILES string of the molecule is CC(Sc1ncnc2scc(-c3ccc(F)cc3)c12)C(=O)Nc1ccccc1. The summed E-state index contributed by atoms with van der Waals surface area (Å²) in [6.45, 7) is 1.85. The van der Waals surface area contributed by atoms with E-state index in [-0.39, 0.29) is 17.0 Å². The van der Waals surface area contributed by atoms with E-state index in [1.165, 1.54) is 41.6 Å². The first kappa shape index (κ1) is 18.6. The number of para-hydroxylation sites is 1. The number of nitrogens with zero attached hydrogens (tertiary/aromatic N) is 2. The second-order valence-electron chi connectivity index (χ2n) is 6.13. The molecule has 2 aromatic carbocycles. The third kappa shape index (κ3) is 3.90. The number of carbonyl (C=O) groups excluding carboxylic acids is 1. The highest BCUT2D eigenvalue weighted by molar-refractivity contribution is 8.00. The van der Waals surface area contributed by atoms with E-state index in [9.17, 15) is 9.18 Å². The second-order valence-corrected chi connectivity index (χ2v) is 8.32. The van der Waals surface area contributed by atoms with Gasteiger partial charge in [-0.25, -0.2) is 14.4 Å². The number of carbonyl (C=O) groups is 1. The van der Waals surface area contributed by atoms with Gasteiger partial charge in [0.15, 0.2) is 0 Å². The molecule has 0 aliphatic carbocycles. The molecule has 0 fully saturated rings. The maximum Gasteiger partial charge on any atom is 0.237 e. The highest BCUT2D eigenvalue weighted by atomic mass is 32.2. The molecule has 4 rings (SSSR count). The molecule has 0 bridgehead atoms. The number of hydrogen-bond acceptors (Lipinski definition) is 5. The lowest BCUT2D eigenvalue weighted by Gasteiger charge is -2.12. The van der Waals surface area contributed by atoms with Crippen molar-refractivity contribution in [2.45, 2.75) is 17.2 Å². The van der Waals surface area contributed by atoms with Crippen molar-refractivity contribution < 1.29 is 9.18 Å². The Balaban J connectivity index is 1.62. The second kappa shape index (κ2) is 8.08. The number of halogens is 1. The molecule has 2 aromatic heterocycles. The summed E-state index contributed by atoms with van der Waals surface area (Å²) in [6, 6.07) is 15.7. The van der Waals surface area contributed by atoms with Crippen molar-refractivity contribution >= 4 is 44.9 Å². The minimum absolute atomic E-state index is 0.0958. The van der Waals surface area contributed by atoms with Crippen molar-refractivity contribution in [3.8, 4) is 11.1 Å². The quantitative estimate of drug-likeness (QED) is 0.343. The Labute approximate surface area is 169 Å². The largest absolute Gasteiger partial charge is 0.325 e. The maximum atomic E-state index is 13.3. The standard InChI is InChI=1S/C21H16FN3OS2/c1-13(19(26)25-16-5-3-2-4-6-16)28-21-18-17(11-27-20(18)23-12-24-21)14-7-9-15(22)10-8-14/h2-13H,1H3,(H,25,26). The fourth-order valence-electron chi connectivity index (χ4n) is 2.77. The first-order valence-electron chi connectivity index (χ1n) is 8.62. The summed E-state index contributed by atoms with van der Waals surface area (Å²) in [5, 5.41) is 6.19. The van der Waals surface area contributed by atoms with Crippen LogP contribution in [0, 0.1) is 5.82 Å². The summed E-state index contributed by atoms with van der Waals surface area (Å²) in [7, 11) is 0. The highest BCUT2D eigenvalue weighted by Gasteiger charge is 2.20. The van der Waals surface area contributed by atoms with Gasteiger partial charge in [-0.2, -0.15) is 0 Å². The van der Waals surface area contributed by atoms with E-state index in [0.717, 1.165) is 32.1 Å². The van der Waals surface area contributed by atoms with Crippen molar-refractivity contribution in [2.75, 3.05) is 5.32 Å². The molecule has 4 aromatic rings. The fourth-order valence-corrected chi connectivity index (χ4v) is 4.68. The Hall–Kier alpha value is -2.77. The monoisotopic (exact) mass is 409 g/mol. The number of anilines is 1. The minimum Gasteiger partial charge on any atom is -0.325 e. The van der Waals surface area contributed by atoms with Crippen LogP contribution in [0.2, 0.25) is 0 Å². The molecular formula is C21H16FN3OS2. The molecule has 0 radical (unpaired) electrons. The lowest BCUT2D eigenvalue weighted by atomic mass is 10.1. The highest BCUT2D eigenvalue weighted by Crippen LogP contribution is 2.39. The van der Waals surface area contributed by atoms with Crippen LogP contribution in [0.15, 0.2) is 71.3 Å². The predicted molar refractivity (Wildman–Crippen MR) is 113 cm³/mol. The molecule has 0 aliphatic heterocycles. The summed E-state index contributed by atoms with van der Waals surface area (Å²) in [5.74, 6) is -0.373. The molecule has 4 nitrogen and oxygen atoms in total. The summed E-state index contributed by atoms with van der Waals surface area (Å²) in [4.78, 5) is 22.2.